The smallest absolute Gasteiger partial charge is 0.320 e. The van der Waals surface area contributed by atoms with Crippen molar-refractivity contribution < 1.29 is 9.53 Å². The highest BCUT2D eigenvalue weighted by Crippen LogP contribution is 2.27. The van der Waals surface area contributed by atoms with Crippen LogP contribution in [0.25, 0.3) is 10.9 Å². The molecule has 2 amide bonds. The summed E-state index contributed by atoms with van der Waals surface area (Å²) in [5.74, 6) is 1.21. The lowest BCUT2D eigenvalue weighted by molar-refractivity contribution is 0.0815. The minimum absolute atomic E-state index is 0.0288. The number of H-pyrrole nitrogens is 1. The molecule has 1 saturated heterocycles. The second-order valence-electron chi connectivity index (χ2n) is 6.76. The van der Waals surface area contributed by atoms with Crippen LogP contribution in [-0.2, 0) is 4.74 Å². The number of anilines is 2. The molecule has 1 unspecified atom stereocenters. The molecule has 28 heavy (non-hydrogen) atoms. The lowest BCUT2D eigenvalue weighted by Crippen LogP contribution is -2.38. The first kappa shape index (κ1) is 18.2. The van der Waals surface area contributed by atoms with Gasteiger partial charge < -0.3 is 15.4 Å². The molecule has 3 aromatic rings. The number of aromatic nitrogens is 3. The third kappa shape index (κ3) is 3.91. The van der Waals surface area contributed by atoms with Crippen LogP contribution < -0.4 is 16.0 Å². The van der Waals surface area contributed by atoms with E-state index in [1.165, 1.54) is 0 Å². The average molecular weight is 380 g/mol. The zero-order chi connectivity index (χ0) is 19.3. The third-order valence-electron chi connectivity index (χ3n) is 4.82. The molecule has 0 spiro atoms. The lowest BCUT2D eigenvalue weighted by Gasteiger charge is -2.24. The third-order valence-corrected chi connectivity index (χ3v) is 4.82. The van der Waals surface area contributed by atoms with Crippen LogP contribution in [0.2, 0.25) is 0 Å². The number of rotatable bonds is 6. The molecule has 146 valence electrons. The Hall–Kier alpha value is -3.13. The van der Waals surface area contributed by atoms with Crippen LogP contribution in [0.4, 0.5) is 16.4 Å². The molecule has 4 N–H and O–H groups in total. The molecular weight excluding hydrogens is 356 g/mol. The van der Waals surface area contributed by atoms with Crippen LogP contribution in [-0.4, -0.2) is 40.5 Å². The summed E-state index contributed by atoms with van der Waals surface area (Å²) in [7, 11) is 0. The van der Waals surface area contributed by atoms with Gasteiger partial charge in [-0.15, -0.1) is 0 Å². The second kappa shape index (κ2) is 8.26. The van der Waals surface area contributed by atoms with Gasteiger partial charge in [-0.25, -0.2) is 9.78 Å². The summed E-state index contributed by atoms with van der Waals surface area (Å²) in [6.07, 6.45) is 3.59. The fraction of sp³-hybridized carbons (Fsp3) is 0.350. The number of benzene rings is 1. The topological polar surface area (TPSA) is 104 Å². The van der Waals surface area contributed by atoms with E-state index >= 15 is 0 Å². The van der Waals surface area contributed by atoms with Crippen molar-refractivity contribution in [2.45, 2.75) is 31.9 Å². The van der Waals surface area contributed by atoms with Crippen LogP contribution in [0.3, 0.4) is 0 Å². The first-order valence-electron chi connectivity index (χ1n) is 9.56. The summed E-state index contributed by atoms with van der Waals surface area (Å²) in [6.45, 7) is 3.50. The van der Waals surface area contributed by atoms with Crippen LogP contribution in [0.15, 0.2) is 42.6 Å². The van der Waals surface area contributed by atoms with Crippen molar-refractivity contribution in [1.82, 2.24) is 20.5 Å². The van der Waals surface area contributed by atoms with Gasteiger partial charge in [0.15, 0.2) is 5.82 Å². The van der Waals surface area contributed by atoms with Crippen LogP contribution in [0, 0.1) is 0 Å². The van der Waals surface area contributed by atoms with E-state index in [1.54, 1.807) is 12.3 Å². The highest BCUT2D eigenvalue weighted by atomic mass is 16.5. The standard InChI is InChI=1S/C20H24N6O2/c1-2-21-19-14-12-22-17(11-15(14)25-26-19)23-20(27)24-18(16-9-6-10-28-16)13-7-4-3-5-8-13/h3-5,7-8,11-12,16,18H,2,6,9-10H2,1H3,(H2,21,25,26)(H2,22,23,24,27)/t16-,18?/m1/s1. The normalized spacial score (nSPS) is 17.4. The predicted molar refractivity (Wildman–Crippen MR) is 108 cm³/mol. The number of amides is 2. The maximum absolute atomic E-state index is 12.6. The summed E-state index contributed by atoms with van der Waals surface area (Å²) in [4.78, 5) is 17.0. The second-order valence-corrected chi connectivity index (χ2v) is 6.76. The van der Waals surface area contributed by atoms with Gasteiger partial charge in [0.05, 0.1) is 23.0 Å². The van der Waals surface area contributed by atoms with Gasteiger partial charge in [0.1, 0.15) is 5.82 Å². The number of ether oxygens (including phenoxy) is 1. The van der Waals surface area contributed by atoms with Crippen molar-refractivity contribution in [3.63, 3.8) is 0 Å². The molecule has 8 heteroatoms. The zero-order valence-electron chi connectivity index (χ0n) is 15.7. The van der Waals surface area contributed by atoms with Crippen molar-refractivity contribution in [3.05, 3.63) is 48.2 Å². The molecule has 1 fully saturated rings. The summed E-state index contributed by atoms with van der Waals surface area (Å²) in [5, 5.41) is 17.1. The average Bonchev–Trinajstić information content (AvgIpc) is 3.37. The van der Waals surface area contributed by atoms with Gasteiger partial charge in [0.2, 0.25) is 0 Å². The monoisotopic (exact) mass is 380 g/mol. The van der Waals surface area contributed by atoms with E-state index in [9.17, 15) is 4.79 Å². The summed E-state index contributed by atoms with van der Waals surface area (Å²) < 4.78 is 5.83. The van der Waals surface area contributed by atoms with Crippen molar-refractivity contribution in [2.75, 3.05) is 23.8 Å². The van der Waals surface area contributed by atoms with Gasteiger partial charge in [-0.3, -0.25) is 10.4 Å². The zero-order valence-corrected chi connectivity index (χ0v) is 15.7. The minimum Gasteiger partial charge on any atom is -0.376 e. The number of nitrogens with one attached hydrogen (secondary N) is 4. The number of nitrogens with zero attached hydrogens (tertiary/aromatic N) is 2. The predicted octanol–water partition coefficient (Wildman–Crippen LogP) is 3.43. The molecule has 0 bridgehead atoms. The fourth-order valence-corrected chi connectivity index (χ4v) is 3.49. The first-order valence-corrected chi connectivity index (χ1v) is 9.56. The largest absolute Gasteiger partial charge is 0.376 e. The Labute approximate surface area is 163 Å². The first-order chi connectivity index (χ1) is 13.7. The Morgan fingerprint density at radius 2 is 2.21 bits per heavy atom. The number of hydrogen-bond donors (Lipinski definition) is 4. The van der Waals surface area contributed by atoms with Crippen molar-refractivity contribution in [1.29, 1.82) is 0 Å². The summed E-state index contributed by atoms with van der Waals surface area (Å²) >= 11 is 0. The van der Waals surface area contributed by atoms with Gasteiger partial charge >= 0.3 is 6.03 Å². The number of hydrogen-bond acceptors (Lipinski definition) is 5. The lowest BCUT2D eigenvalue weighted by atomic mass is 9.99. The number of pyridine rings is 1. The molecule has 1 aliphatic rings. The van der Waals surface area contributed by atoms with Crippen LogP contribution in [0.1, 0.15) is 31.4 Å². The number of aromatic amines is 1. The number of carbonyl (C=O) groups excluding carboxylic acids is 1. The molecule has 3 heterocycles. The maximum Gasteiger partial charge on any atom is 0.320 e. The molecule has 0 aliphatic carbocycles. The molecule has 0 radical (unpaired) electrons. The van der Waals surface area contributed by atoms with Crippen molar-refractivity contribution in [3.8, 4) is 0 Å². The van der Waals surface area contributed by atoms with Crippen LogP contribution in [0.5, 0.6) is 0 Å². The summed E-state index contributed by atoms with van der Waals surface area (Å²) in [6, 6.07) is 11.1. The SMILES string of the molecule is CCNc1n[nH]c2cc(NC(=O)NC(c3ccccc3)[C@H]3CCCO3)ncc12. The molecule has 2 aromatic heterocycles. The Morgan fingerprint density at radius 1 is 1.36 bits per heavy atom. The number of urea groups is 1. The highest BCUT2D eigenvalue weighted by Gasteiger charge is 2.28. The molecule has 2 atom stereocenters. The minimum atomic E-state index is -0.317. The van der Waals surface area contributed by atoms with E-state index in [1.807, 2.05) is 37.3 Å². The Bertz CT molecular complexity index is 936. The molecule has 0 saturated carbocycles. The van der Waals surface area contributed by atoms with Gasteiger partial charge in [-0.05, 0) is 25.3 Å². The Kier molecular flexibility index (Phi) is 5.38. The molecule has 4 rings (SSSR count). The number of carbonyl (C=O) groups is 1. The highest BCUT2D eigenvalue weighted by molar-refractivity contribution is 5.94. The van der Waals surface area contributed by atoms with E-state index in [0.29, 0.717) is 5.82 Å². The van der Waals surface area contributed by atoms with Gasteiger partial charge in [0, 0.05) is 25.4 Å². The molecule has 1 aliphatic heterocycles. The molecule has 1 aromatic carbocycles. The Balaban J connectivity index is 1.48. The van der Waals surface area contributed by atoms with E-state index in [0.717, 1.165) is 48.3 Å². The molecular formula is C20H24N6O2. The molecule has 8 nitrogen and oxygen atoms in total. The van der Waals surface area contributed by atoms with E-state index in [4.69, 9.17) is 4.74 Å². The van der Waals surface area contributed by atoms with E-state index in [2.05, 4.69) is 31.1 Å². The van der Waals surface area contributed by atoms with Crippen LogP contribution >= 0.6 is 0 Å². The number of fused-ring (bicyclic) bond motifs is 1. The Morgan fingerprint density at radius 3 is 2.96 bits per heavy atom. The van der Waals surface area contributed by atoms with E-state index < -0.39 is 0 Å². The maximum atomic E-state index is 12.6. The van der Waals surface area contributed by atoms with Crippen molar-refractivity contribution >= 4 is 28.6 Å². The fourth-order valence-electron chi connectivity index (χ4n) is 3.49. The van der Waals surface area contributed by atoms with Gasteiger partial charge in [-0.2, -0.15) is 5.10 Å². The van der Waals surface area contributed by atoms with E-state index in [-0.39, 0.29) is 18.2 Å². The van der Waals surface area contributed by atoms with Crippen molar-refractivity contribution in [2.24, 2.45) is 0 Å². The summed E-state index contributed by atoms with van der Waals surface area (Å²) in [5.41, 5.74) is 1.83. The quantitative estimate of drug-likeness (QED) is 0.524. The van der Waals surface area contributed by atoms with Gasteiger partial charge in [0.25, 0.3) is 0 Å². The van der Waals surface area contributed by atoms with Gasteiger partial charge in [-0.1, -0.05) is 30.3 Å².